The number of carbonyl (C=O) groups is 2. The highest BCUT2D eigenvalue weighted by molar-refractivity contribution is 6.74. The molecule has 0 amide bonds. The van der Waals surface area contributed by atoms with Crippen LogP contribution in [-0.2, 0) is 23.2 Å². The number of Topliss-reactive ketones (excluding diaryl/α,β-unsaturated/α-hetero) is 1. The van der Waals surface area contributed by atoms with Crippen molar-refractivity contribution in [3.8, 4) is 0 Å². The van der Waals surface area contributed by atoms with Crippen LogP contribution in [0.5, 0.6) is 0 Å². The monoisotopic (exact) mass is 530 g/mol. The molecule has 0 N–H and O–H groups in total. The Morgan fingerprint density at radius 3 is 1.74 bits per heavy atom. The van der Waals surface area contributed by atoms with Crippen molar-refractivity contribution < 1.29 is 23.2 Å². The first-order valence-electron chi connectivity index (χ1n) is 13.5. The van der Waals surface area contributed by atoms with Crippen LogP contribution in [0.1, 0.15) is 88.5 Å². The maximum atomic E-state index is 13.0. The lowest BCUT2D eigenvalue weighted by Crippen LogP contribution is -2.49. The summed E-state index contributed by atoms with van der Waals surface area (Å²) < 4.78 is 18.1. The predicted octanol–water partition coefficient (Wildman–Crippen LogP) is 7.86. The minimum absolute atomic E-state index is 0.0326. The quantitative estimate of drug-likeness (QED) is 0.169. The van der Waals surface area contributed by atoms with Gasteiger partial charge in [0.1, 0.15) is 5.78 Å². The molecule has 208 valence electrons. The van der Waals surface area contributed by atoms with Crippen molar-refractivity contribution in [1.82, 2.24) is 0 Å². The fourth-order valence-electron chi connectivity index (χ4n) is 3.66. The summed E-state index contributed by atoms with van der Waals surface area (Å²) in [4.78, 5) is 25.4. The van der Waals surface area contributed by atoms with Crippen LogP contribution >= 0.6 is 0 Å². The maximum Gasteiger partial charge on any atom is 0.310 e. The first-order chi connectivity index (χ1) is 15.6. The number of esters is 1. The van der Waals surface area contributed by atoms with Gasteiger partial charge in [0, 0.05) is 18.9 Å². The van der Waals surface area contributed by atoms with Crippen molar-refractivity contribution in [2.45, 2.75) is 131 Å². The Morgan fingerprint density at radius 1 is 0.829 bits per heavy atom. The van der Waals surface area contributed by atoms with Crippen LogP contribution in [0.15, 0.2) is 0 Å². The van der Waals surface area contributed by atoms with Gasteiger partial charge in [-0.25, -0.2) is 0 Å². The van der Waals surface area contributed by atoms with Crippen LogP contribution in [-0.4, -0.2) is 48.2 Å². The molecule has 0 rings (SSSR count). The van der Waals surface area contributed by atoms with E-state index in [1.165, 1.54) is 7.11 Å². The zero-order chi connectivity index (χ0) is 28.0. The molecule has 0 aliphatic rings. The lowest BCUT2D eigenvalue weighted by atomic mass is 9.84. The Bertz CT molecular complexity index is 676. The second-order valence-electron chi connectivity index (χ2n) is 14.0. The average molecular weight is 531 g/mol. The van der Waals surface area contributed by atoms with Crippen LogP contribution in [0.25, 0.3) is 0 Å². The predicted molar refractivity (Wildman–Crippen MR) is 153 cm³/mol. The average Bonchev–Trinajstić information content (AvgIpc) is 2.71. The third-order valence-corrected chi connectivity index (χ3v) is 17.5. The van der Waals surface area contributed by atoms with E-state index in [1.807, 2.05) is 13.8 Å². The number of carbonyl (C=O) groups excluding carboxylic acids is 2. The highest BCUT2D eigenvalue weighted by Crippen LogP contribution is 2.40. The third-order valence-electron chi connectivity index (χ3n) is 8.56. The van der Waals surface area contributed by atoms with E-state index in [0.717, 1.165) is 6.42 Å². The number of rotatable bonds is 14. The molecule has 0 spiro atoms. The van der Waals surface area contributed by atoms with Gasteiger partial charge in [-0.15, -0.1) is 0 Å². The first kappa shape index (κ1) is 34.5. The molecule has 0 radical (unpaired) electrons. The molecular formula is C28H58O5Si2. The van der Waals surface area contributed by atoms with Crippen LogP contribution < -0.4 is 0 Å². The molecule has 0 aliphatic carbocycles. The van der Waals surface area contributed by atoms with Gasteiger partial charge in [0.15, 0.2) is 16.6 Å². The van der Waals surface area contributed by atoms with Gasteiger partial charge in [-0.1, -0.05) is 62.3 Å². The second-order valence-corrected chi connectivity index (χ2v) is 23.5. The zero-order valence-corrected chi connectivity index (χ0v) is 27.8. The molecule has 0 saturated carbocycles. The Hall–Kier alpha value is -0.506. The summed E-state index contributed by atoms with van der Waals surface area (Å²) >= 11 is 0. The van der Waals surface area contributed by atoms with Crippen molar-refractivity contribution in [2.24, 2.45) is 23.7 Å². The van der Waals surface area contributed by atoms with Crippen molar-refractivity contribution in [3.63, 3.8) is 0 Å². The molecule has 0 aromatic heterocycles. The van der Waals surface area contributed by atoms with E-state index in [0.29, 0.717) is 25.4 Å². The minimum Gasteiger partial charge on any atom is -0.469 e. The summed E-state index contributed by atoms with van der Waals surface area (Å²) in [6.45, 7) is 31.2. The SMILES string of the molecule is COC(=O)[C@H](C)[C@@H](O[Si](C)(C)C(C)(C)C)[C@@H](C)C[C@H](C)C(=O)CC[C@H](C)CO[Si](C)(C)C(C)(C)C. The van der Waals surface area contributed by atoms with E-state index in [9.17, 15) is 9.59 Å². The van der Waals surface area contributed by atoms with Crippen LogP contribution in [0.4, 0.5) is 0 Å². The summed E-state index contributed by atoms with van der Waals surface area (Å²) in [5, 5.41) is 0.225. The maximum absolute atomic E-state index is 13.0. The lowest BCUT2D eigenvalue weighted by molar-refractivity contribution is -0.149. The van der Waals surface area contributed by atoms with Crippen molar-refractivity contribution in [3.05, 3.63) is 0 Å². The minimum atomic E-state index is -2.10. The fourth-order valence-corrected chi connectivity index (χ4v) is 6.26. The third kappa shape index (κ3) is 10.8. The first-order valence-corrected chi connectivity index (χ1v) is 19.3. The van der Waals surface area contributed by atoms with E-state index < -0.39 is 16.6 Å². The topological polar surface area (TPSA) is 61.8 Å². The standard InChI is InChI=1S/C28H58O5Si2/c1-20(19-32-34(12,13)27(5,6)7)16-17-24(29)21(2)18-22(3)25(23(4)26(30)31-11)33-35(14,15)28(8,9)10/h20-23,25H,16-19H2,1-15H3/t20-,21-,22-,23+,25-/m0/s1. The molecule has 0 unspecified atom stereocenters. The molecular weight excluding hydrogens is 472 g/mol. The molecule has 7 heteroatoms. The molecule has 0 saturated heterocycles. The second kappa shape index (κ2) is 13.3. The summed E-state index contributed by atoms with van der Waals surface area (Å²) in [6, 6.07) is 0. The van der Waals surface area contributed by atoms with E-state index in [4.69, 9.17) is 13.6 Å². The van der Waals surface area contributed by atoms with Gasteiger partial charge < -0.3 is 13.6 Å². The normalized spacial score (nSPS) is 17.9. The molecule has 5 nitrogen and oxygen atoms in total. The number of methoxy groups -OCH3 is 1. The molecule has 0 aliphatic heterocycles. The fraction of sp³-hybridized carbons (Fsp3) is 0.929. The number of ether oxygens (including phenoxy) is 1. The molecule has 5 atom stereocenters. The van der Waals surface area contributed by atoms with E-state index in [-0.39, 0.29) is 45.7 Å². The highest BCUT2D eigenvalue weighted by atomic mass is 28.4. The van der Waals surface area contributed by atoms with E-state index in [1.54, 1.807) is 0 Å². The van der Waals surface area contributed by atoms with E-state index in [2.05, 4.69) is 81.6 Å². The van der Waals surface area contributed by atoms with Gasteiger partial charge in [0.25, 0.3) is 0 Å². The van der Waals surface area contributed by atoms with Gasteiger partial charge in [-0.05, 0) is 67.9 Å². The van der Waals surface area contributed by atoms with Crippen molar-refractivity contribution in [1.29, 1.82) is 0 Å². The Balaban J connectivity index is 5.13. The van der Waals surface area contributed by atoms with Crippen LogP contribution in [0.2, 0.25) is 36.3 Å². The highest BCUT2D eigenvalue weighted by Gasteiger charge is 2.43. The van der Waals surface area contributed by atoms with Gasteiger partial charge in [-0.3, -0.25) is 9.59 Å². The molecule has 0 aromatic carbocycles. The summed E-state index contributed by atoms with van der Waals surface area (Å²) in [5.74, 6) is -0.000968. The summed E-state index contributed by atoms with van der Waals surface area (Å²) in [5.41, 5.74) is 0. The van der Waals surface area contributed by atoms with Crippen LogP contribution in [0.3, 0.4) is 0 Å². The van der Waals surface area contributed by atoms with Gasteiger partial charge in [0.2, 0.25) is 0 Å². The Kier molecular flexibility index (Phi) is 13.1. The van der Waals surface area contributed by atoms with Crippen molar-refractivity contribution in [2.75, 3.05) is 13.7 Å². The smallest absolute Gasteiger partial charge is 0.310 e. The summed E-state index contributed by atoms with van der Waals surface area (Å²) in [7, 11) is -2.45. The van der Waals surface area contributed by atoms with Gasteiger partial charge in [-0.2, -0.15) is 0 Å². The van der Waals surface area contributed by atoms with E-state index >= 15 is 0 Å². The van der Waals surface area contributed by atoms with Gasteiger partial charge >= 0.3 is 5.97 Å². The van der Waals surface area contributed by atoms with Crippen LogP contribution in [0, 0.1) is 23.7 Å². The molecule has 0 bridgehead atoms. The largest absolute Gasteiger partial charge is 0.469 e. The van der Waals surface area contributed by atoms with Crippen molar-refractivity contribution >= 4 is 28.4 Å². The molecule has 0 fully saturated rings. The zero-order valence-electron chi connectivity index (χ0n) is 25.8. The van der Waals surface area contributed by atoms with Gasteiger partial charge in [0.05, 0.1) is 19.1 Å². The molecule has 35 heavy (non-hydrogen) atoms. The molecule has 0 heterocycles. The number of ketones is 1. The Labute approximate surface area is 219 Å². The summed E-state index contributed by atoms with van der Waals surface area (Å²) in [6.07, 6.45) is 1.84. The molecule has 0 aromatic rings. The number of hydrogen-bond donors (Lipinski definition) is 0. The Morgan fingerprint density at radius 2 is 1.31 bits per heavy atom. The number of hydrogen-bond acceptors (Lipinski definition) is 5. The lowest BCUT2D eigenvalue weighted by Gasteiger charge is -2.42.